The van der Waals surface area contributed by atoms with E-state index in [0.717, 1.165) is 5.56 Å². The first-order valence-electron chi connectivity index (χ1n) is 9.18. The average Bonchev–Trinajstić information content (AvgIpc) is 2.76. The van der Waals surface area contributed by atoms with Gasteiger partial charge in [0.25, 0.3) is 17.5 Å². The largest absolute Gasteiger partial charge is 0.482 e. The van der Waals surface area contributed by atoms with Crippen molar-refractivity contribution in [3.05, 3.63) is 94.0 Å². The number of nitro groups is 1. The average molecular weight is 403 g/mol. The fourth-order valence-corrected chi connectivity index (χ4v) is 3.18. The van der Waals surface area contributed by atoms with Crippen LogP contribution in [0.4, 0.5) is 17.1 Å². The number of rotatable bonds is 5. The summed E-state index contributed by atoms with van der Waals surface area (Å²) in [5.41, 5.74) is 1.95. The molecule has 0 aliphatic carbocycles. The molecule has 1 heterocycles. The van der Waals surface area contributed by atoms with Gasteiger partial charge in [0.1, 0.15) is 5.75 Å². The minimum absolute atomic E-state index is 0.0563. The third-order valence-electron chi connectivity index (χ3n) is 4.66. The van der Waals surface area contributed by atoms with Crippen molar-refractivity contribution in [3.8, 4) is 5.75 Å². The van der Waals surface area contributed by atoms with Crippen LogP contribution in [-0.2, 0) is 11.3 Å². The highest BCUT2D eigenvalue weighted by Crippen LogP contribution is 2.35. The lowest BCUT2D eigenvalue weighted by molar-refractivity contribution is -0.384. The summed E-state index contributed by atoms with van der Waals surface area (Å²) in [7, 11) is 0. The van der Waals surface area contributed by atoms with Gasteiger partial charge >= 0.3 is 0 Å². The van der Waals surface area contributed by atoms with E-state index in [1.807, 2.05) is 30.3 Å². The van der Waals surface area contributed by atoms with E-state index in [4.69, 9.17) is 4.74 Å². The van der Waals surface area contributed by atoms with Crippen LogP contribution in [0.25, 0.3) is 0 Å². The van der Waals surface area contributed by atoms with Crippen molar-refractivity contribution in [1.29, 1.82) is 0 Å². The number of benzene rings is 3. The third kappa shape index (κ3) is 3.97. The normalized spacial score (nSPS) is 12.7. The molecule has 0 fully saturated rings. The van der Waals surface area contributed by atoms with Crippen molar-refractivity contribution in [2.45, 2.75) is 6.54 Å². The smallest absolute Gasteiger partial charge is 0.270 e. The number of hydrogen-bond acceptors (Lipinski definition) is 5. The van der Waals surface area contributed by atoms with Gasteiger partial charge in [-0.25, -0.2) is 0 Å². The van der Waals surface area contributed by atoms with Crippen molar-refractivity contribution in [2.75, 3.05) is 16.8 Å². The number of amides is 2. The summed E-state index contributed by atoms with van der Waals surface area (Å²) in [6.07, 6.45) is 0. The lowest BCUT2D eigenvalue weighted by Crippen LogP contribution is -2.38. The lowest BCUT2D eigenvalue weighted by Gasteiger charge is -2.30. The molecule has 0 unspecified atom stereocenters. The van der Waals surface area contributed by atoms with Gasteiger partial charge in [-0.15, -0.1) is 0 Å². The zero-order valence-corrected chi connectivity index (χ0v) is 15.8. The molecular formula is C22H17N3O5. The zero-order valence-electron chi connectivity index (χ0n) is 15.8. The number of anilines is 2. The predicted molar refractivity (Wildman–Crippen MR) is 111 cm³/mol. The van der Waals surface area contributed by atoms with Gasteiger partial charge in [-0.3, -0.25) is 19.7 Å². The van der Waals surface area contributed by atoms with Crippen molar-refractivity contribution in [3.63, 3.8) is 0 Å². The molecule has 0 atom stereocenters. The summed E-state index contributed by atoms with van der Waals surface area (Å²) in [5.74, 6) is -0.135. The Labute approximate surface area is 171 Å². The Morgan fingerprint density at radius 2 is 1.87 bits per heavy atom. The standard InChI is InChI=1S/C22H17N3O5/c26-21-14-30-20-10-9-17(12-19(20)24(21)13-15-5-2-1-3-6-15)23-22(27)16-7-4-8-18(11-16)25(28)29/h1-12H,13-14H2,(H,23,27). The van der Waals surface area contributed by atoms with Crippen molar-refractivity contribution >= 4 is 28.9 Å². The first kappa shape index (κ1) is 19.1. The quantitative estimate of drug-likeness (QED) is 0.516. The van der Waals surface area contributed by atoms with E-state index in [9.17, 15) is 19.7 Å². The van der Waals surface area contributed by atoms with Crippen molar-refractivity contribution in [1.82, 2.24) is 0 Å². The molecule has 8 heteroatoms. The van der Waals surface area contributed by atoms with E-state index in [-0.39, 0.29) is 23.8 Å². The van der Waals surface area contributed by atoms with E-state index >= 15 is 0 Å². The molecule has 1 N–H and O–H groups in total. The minimum atomic E-state index is -0.555. The lowest BCUT2D eigenvalue weighted by atomic mass is 10.1. The Morgan fingerprint density at radius 1 is 1.07 bits per heavy atom. The highest BCUT2D eigenvalue weighted by atomic mass is 16.6. The van der Waals surface area contributed by atoms with E-state index in [2.05, 4.69) is 5.32 Å². The number of carbonyl (C=O) groups is 2. The molecule has 0 aromatic heterocycles. The number of carbonyl (C=O) groups excluding carboxylic acids is 2. The van der Waals surface area contributed by atoms with Gasteiger partial charge in [0, 0.05) is 23.4 Å². The summed E-state index contributed by atoms with van der Waals surface area (Å²) in [5, 5.41) is 13.7. The molecule has 150 valence electrons. The van der Waals surface area contributed by atoms with E-state index < -0.39 is 10.8 Å². The second-order valence-electron chi connectivity index (χ2n) is 6.70. The molecule has 3 aromatic carbocycles. The van der Waals surface area contributed by atoms with Crippen LogP contribution in [0.15, 0.2) is 72.8 Å². The number of nitrogens with one attached hydrogen (secondary N) is 1. The van der Waals surface area contributed by atoms with Gasteiger partial charge in [0.2, 0.25) is 0 Å². The van der Waals surface area contributed by atoms with Crippen LogP contribution < -0.4 is 15.0 Å². The van der Waals surface area contributed by atoms with Crippen LogP contribution in [0.5, 0.6) is 5.75 Å². The summed E-state index contributed by atoms with van der Waals surface area (Å²) in [4.78, 5) is 37.0. The minimum Gasteiger partial charge on any atom is -0.482 e. The van der Waals surface area contributed by atoms with Crippen molar-refractivity contribution < 1.29 is 19.2 Å². The monoisotopic (exact) mass is 403 g/mol. The van der Waals surface area contributed by atoms with Gasteiger partial charge in [0.15, 0.2) is 6.61 Å². The zero-order chi connectivity index (χ0) is 21.1. The second kappa shape index (κ2) is 8.04. The van der Waals surface area contributed by atoms with E-state index in [1.165, 1.54) is 24.3 Å². The summed E-state index contributed by atoms with van der Waals surface area (Å²) in [6, 6.07) is 20.0. The fraction of sp³-hybridized carbons (Fsp3) is 0.0909. The number of nitro benzene ring substituents is 1. The molecule has 0 spiro atoms. The molecule has 0 saturated carbocycles. The fourth-order valence-electron chi connectivity index (χ4n) is 3.18. The first-order chi connectivity index (χ1) is 14.5. The number of nitrogens with zero attached hydrogens (tertiary/aromatic N) is 2. The Balaban J connectivity index is 1.59. The molecule has 8 nitrogen and oxygen atoms in total. The van der Waals surface area contributed by atoms with Crippen molar-refractivity contribution in [2.24, 2.45) is 0 Å². The Hall–Kier alpha value is -4.20. The first-order valence-corrected chi connectivity index (χ1v) is 9.18. The van der Waals surface area contributed by atoms with Gasteiger partial charge in [0.05, 0.1) is 17.2 Å². The maximum absolute atomic E-state index is 12.5. The molecule has 0 bridgehead atoms. The molecule has 3 aromatic rings. The molecule has 30 heavy (non-hydrogen) atoms. The Morgan fingerprint density at radius 3 is 2.63 bits per heavy atom. The van der Waals surface area contributed by atoms with Gasteiger partial charge in [-0.2, -0.15) is 0 Å². The topological polar surface area (TPSA) is 102 Å². The predicted octanol–water partition coefficient (Wildman–Crippen LogP) is 3.77. The van der Waals surface area contributed by atoms with E-state index in [0.29, 0.717) is 23.7 Å². The number of fused-ring (bicyclic) bond motifs is 1. The van der Waals surface area contributed by atoms with Crippen LogP contribution in [0.3, 0.4) is 0 Å². The maximum Gasteiger partial charge on any atom is 0.270 e. The Bertz CT molecular complexity index is 1130. The number of ether oxygens (including phenoxy) is 1. The number of hydrogen-bond donors (Lipinski definition) is 1. The Kier molecular flexibility index (Phi) is 5.13. The van der Waals surface area contributed by atoms with Crippen LogP contribution in [0.1, 0.15) is 15.9 Å². The molecular weight excluding hydrogens is 386 g/mol. The van der Waals surface area contributed by atoms with Gasteiger partial charge < -0.3 is 15.0 Å². The van der Waals surface area contributed by atoms with E-state index in [1.54, 1.807) is 23.1 Å². The van der Waals surface area contributed by atoms with Gasteiger partial charge in [-0.1, -0.05) is 36.4 Å². The molecule has 4 rings (SSSR count). The molecule has 1 aliphatic rings. The molecule has 0 saturated heterocycles. The van der Waals surface area contributed by atoms with Crippen LogP contribution in [0.2, 0.25) is 0 Å². The number of non-ortho nitro benzene ring substituents is 1. The summed E-state index contributed by atoms with van der Waals surface area (Å²) in [6.45, 7) is 0.317. The second-order valence-corrected chi connectivity index (χ2v) is 6.70. The highest BCUT2D eigenvalue weighted by Gasteiger charge is 2.26. The van der Waals surface area contributed by atoms with Gasteiger partial charge in [-0.05, 0) is 29.8 Å². The molecule has 1 aliphatic heterocycles. The SMILES string of the molecule is O=C(Nc1ccc2c(c1)N(Cc1ccccc1)C(=O)CO2)c1cccc([N+](=O)[O-])c1. The maximum atomic E-state index is 12.5. The molecule has 0 radical (unpaired) electrons. The highest BCUT2D eigenvalue weighted by molar-refractivity contribution is 6.05. The van der Waals surface area contributed by atoms with Crippen LogP contribution >= 0.6 is 0 Å². The molecule has 2 amide bonds. The van der Waals surface area contributed by atoms with Crippen LogP contribution in [-0.4, -0.2) is 23.3 Å². The summed E-state index contributed by atoms with van der Waals surface area (Å²) >= 11 is 0. The van der Waals surface area contributed by atoms with Crippen LogP contribution in [0, 0.1) is 10.1 Å². The third-order valence-corrected chi connectivity index (χ3v) is 4.66. The summed E-state index contributed by atoms with van der Waals surface area (Å²) < 4.78 is 5.51.